The predicted octanol–water partition coefficient (Wildman–Crippen LogP) is 3.75. The van der Waals surface area contributed by atoms with Gasteiger partial charge in [0.1, 0.15) is 0 Å². The number of nitrogens with zero attached hydrogens (tertiary/aromatic N) is 2. The molecule has 0 spiro atoms. The zero-order valence-electron chi connectivity index (χ0n) is 11.3. The Balaban J connectivity index is 1.80. The van der Waals surface area contributed by atoms with E-state index in [1.165, 1.54) is 24.6 Å². The maximum Gasteiger partial charge on any atom is 0.313 e. The Morgan fingerprint density at radius 3 is 2.71 bits per heavy atom. The molecule has 1 aromatic carbocycles. The Hall–Kier alpha value is -1.27. The van der Waals surface area contributed by atoms with E-state index in [2.05, 4.69) is 21.0 Å². The van der Waals surface area contributed by atoms with Crippen LogP contribution in [-0.4, -0.2) is 26.6 Å². The zero-order valence-corrected chi connectivity index (χ0v) is 13.7. The molecule has 1 fully saturated rings. The van der Waals surface area contributed by atoms with Crippen LogP contribution in [0.4, 0.5) is 0 Å². The van der Waals surface area contributed by atoms with Gasteiger partial charge in [0.25, 0.3) is 0 Å². The summed E-state index contributed by atoms with van der Waals surface area (Å²) in [6.07, 6.45) is 2.39. The molecule has 0 radical (unpaired) electrons. The van der Waals surface area contributed by atoms with Gasteiger partial charge in [-0.3, -0.25) is 9.48 Å². The van der Waals surface area contributed by atoms with E-state index in [0.29, 0.717) is 12.5 Å². The van der Waals surface area contributed by atoms with Crippen LogP contribution in [0.1, 0.15) is 30.0 Å². The van der Waals surface area contributed by atoms with Gasteiger partial charge in [-0.1, -0.05) is 39.8 Å². The summed E-state index contributed by atoms with van der Waals surface area (Å²) in [6.45, 7) is 0.669. The zero-order chi connectivity index (χ0) is 14.8. The van der Waals surface area contributed by atoms with Gasteiger partial charge >= 0.3 is 5.97 Å². The van der Waals surface area contributed by atoms with E-state index in [1.54, 1.807) is 0 Å². The van der Waals surface area contributed by atoms with E-state index in [9.17, 15) is 4.79 Å². The molecule has 1 aliphatic carbocycles. The second kappa shape index (κ2) is 6.23. The molecule has 0 aliphatic heterocycles. The Morgan fingerprint density at radius 1 is 1.38 bits per heavy atom. The molecule has 0 unspecified atom stereocenters. The molecule has 1 heterocycles. The molecule has 1 saturated carbocycles. The molecule has 110 valence electrons. The van der Waals surface area contributed by atoms with E-state index in [1.807, 2.05) is 35.0 Å². The van der Waals surface area contributed by atoms with Crippen molar-refractivity contribution < 1.29 is 9.90 Å². The van der Waals surface area contributed by atoms with E-state index < -0.39 is 5.97 Å². The van der Waals surface area contributed by atoms with Gasteiger partial charge in [-0.25, -0.2) is 0 Å². The van der Waals surface area contributed by atoms with Crippen molar-refractivity contribution in [2.45, 2.75) is 30.3 Å². The highest BCUT2D eigenvalue weighted by molar-refractivity contribution is 9.10. The molecule has 3 rings (SSSR count). The highest BCUT2D eigenvalue weighted by atomic mass is 79.9. The summed E-state index contributed by atoms with van der Waals surface area (Å²) < 4.78 is 2.97. The lowest BCUT2D eigenvalue weighted by Gasteiger charge is -2.06. The van der Waals surface area contributed by atoms with Crippen molar-refractivity contribution in [1.82, 2.24) is 9.78 Å². The Bertz CT molecular complexity index is 650. The van der Waals surface area contributed by atoms with Crippen LogP contribution in [0, 0.1) is 0 Å². The summed E-state index contributed by atoms with van der Waals surface area (Å²) in [5.74, 6) is -0.166. The lowest BCUT2D eigenvalue weighted by molar-refractivity contribution is -0.133. The first kappa shape index (κ1) is 14.7. The van der Waals surface area contributed by atoms with E-state index in [4.69, 9.17) is 5.11 Å². The number of hydrogen-bond donors (Lipinski definition) is 1. The fourth-order valence-electron chi connectivity index (χ4n) is 2.13. The van der Waals surface area contributed by atoms with Gasteiger partial charge in [0.2, 0.25) is 0 Å². The molecular weight excluding hydrogens is 352 g/mol. The summed E-state index contributed by atoms with van der Waals surface area (Å²) in [5, 5.41) is 14.5. The van der Waals surface area contributed by atoms with Crippen molar-refractivity contribution >= 4 is 33.7 Å². The topological polar surface area (TPSA) is 55.1 Å². The molecule has 0 saturated heterocycles. The Labute approximate surface area is 135 Å². The number of aromatic nitrogens is 2. The number of benzene rings is 1. The van der Waals surface area contributed by atoms with Crippen molar-refractivity contribution in [3.8, 4) is 0 Å². The van der Waals surface area contributed by atoms with Gasteiger partial charge in [0, 0.05) is 10.4 Å². The van der Waals surface area contributed by atoms with Crippen molar-refractivity contribution in [3.05, 3.63) is 46.1 Å². The molecule has 21 heavy (non-hydrogen) atoms. The van der Waals surface area contributed by atoms with Crippen molar-refractivity contribution in [2.24, 2.45) is 0 Å². The Morgan fingerprint density at radius 2 is 2.10 bits per heavy atom. The fraction of sp³-hybridized carbons (Fsp3) is 0.333. The quantitative estimate of drug-likeness (QED) is 0.791. The van der Waals surface area contributed by atoms with Crippen LogP contribution < -0.4 is 0 Å². The highest BCUT2D eigenvalue weighted by Crippen LogP contribution is 2.40. The molecule has 0 amide bonds. The van der Waals surface area contributed by atoms with Crippen LogP contribution in [0.15, 0.2) is 39.8 Å². The van der Waals surface area contributed by atoms with E-state index in [0.717, 1.165) is 20.8 Å². The molecule has 0 atom stereocenters. The molecule has 1 aromatic heterocycles. The average molecular weight is 367 g/mol. The van der Waals surface area contributed by atoms with Gasteiger partial charge in [-0.05, 0) is 36.6 Å². The molecule has 2 aromatic rings. The van der Waals surface area contributed by atoms with Gasteiger partial charge in [-0.15, -0.1) is 0 Å². The van der Waals surface area contributed by atoms with Gasteiger partial charge in [0.15, 0.2) is 0 Å². The lowest BCUT2D eigenvalue weighted by Crippen LogP contribution is -2.05. The number of thioether (sulfide) groups is 1. The SMILES string of the molecule is O=C(O)CSc1cc(C2CC2)nn1Cc1ccc(Br)cc1. The van der Waals surface area contributed by atoms with Gasteiger partial charge in [-0.2, -0.15) is 5.10 Å². The summed E-state index contributed by atoms with van der Waals surface area (Å²) in [5.41, 5.74) is 2.25. The van der Waals surface area contributed by atoms with Gasteiger partial charge < -0.3 is 5.11 Å². The summed E-state index contributed by atoms with van der Waals surface area (Å²) in [4.78, 5) is 10.8. The average Bonchev–Trinajstić information content (AvgIpc) is 3.22. The summed E-state index contributed by atoms with van der Waals surface area (Å²) in [6, 6.07) is 10.2. The van der Waals surface area contributed by atoms with Crippen molar-refractivity contribution in [2.75, 3.05) is 5.75 Å². The molecular formula is C15H15BrN2O2S. The number of halogens is 1. The summed E-state index contributed by atoms with van der Waals surface area (Å²) in [7, 11) is 0. The first-order valence-corrected chi connectivity index (χ1v) is 8.56. The third kappa shape index (κ3) is 3.89. The number of aliphatic carboxylic acids is 1. The predicted molar refractivity (Wildman–Crippen MR) is 85.8 cm³/mol. The lowest BCUT2D eigenvalue weighted by atomic mass is 10.2. The maximum atomic E-state index is 10.8. The van der Waals surface area contributed by atoms with Gasteiger partial charge in [0.05, 0.1) is 23.0 Å². The normalized spacial score (nSPS) is 14.3. The maximum absolute atomic E-state index is 10.8. The third-order valence-corrected chi connectivity index (χ3v) is 4.89. The molecule has 1 N–H and O–H groups in total. The second-order valence-electron chi connectivity index (χ2n) is 5.15. The molecule has 1 aliphatic rings. The van der Waals surface area contributed by atoms with Crippen LogP contribution in [0.25, 0.3) is 0 Å². The van der Waals surface area contributed by atoms with Crippen LogP contribution in [0.2, 0.25) is 0 Å². The minimum atomic E-state index is -0.802. The first-order chi connectivity index (χ1) is 10.1. The second-order valence-corrected chi connectivity index (χ2v) is 7.06. The van der Waals surface area contributed by atoms with E-state index in [-0.39, 0.29) is 5.75 Å². The summed E-state index contributed by atoms with van der Waals surface area (Å²) >= 11 is 4.76. The molecule has 0 bridgehead atoms. The minimum Gasteiger partial charge on any atom is -0.481 e. The largest absolute Gasteiger partial charge is 0.481 e. The number of hydrogen-bond acceptors (Lipinski definition) is 3. The minimum absolute atomic E-state index is 0.0656. The molecule has 6 heteroatoms. The molecule has 4 nitrogen and oxygen atoms in total. The van der Waals surface area contributed by atoms with Crippen LogP contribution in [0.3, 0.4) is 0 Å². The first-order valence-electron chi connectivity index (χ1n) is 6.78. The van der Waals surface area contributed by atoms with Crippen molar-refractivity contribution in [3.63, 3.8) is 0 Å². The third-order valence-electron chi connectivity index (χ3n) is 3.35. The monoisotopic (exact) mass is 366 g/mol. The van der Waals surface area contributed by atoms with Crippen LogP contribution >= 0.6 is 27.7 Å². The van der Waals surface area contributed by atoms with Crippen LogP contribution in [0.5, 0.6) is 0 Å². The Kier molecular flexibility index (Phi) is 4.35. The number of rotatable bonds is 6. The smallest absolute Gasteiger partial charge is 0.313 e. The number of carboxylic acids is 1. The highest BCUT2D eigenvalue weighted by Gasteiger charge is 2.27. The standard InChI is InChI=1S/C15H15BrN2O2S/c16-12-5-1-10(2-6-12)8-18-14(21-9-15(19)20)7-13(17-18)11-3-4-11/h1-2,5-7,11H,3-4,8-9H2,(H,19,20). The van der Waals surface area contributed by atoms with Crippen LogP contribution in [-0.2, 0) is 11.3 Å². The number of carboxylic acid groups (broad SMARTS) is 1. The number of carbonyl (C=O) groups is 1. The van der Waals surface area contributed by atoms with E-state index >= 15 is 0 Å². The van der Waals surface area contributed by atoms with Crippen molar-refractivity contribution in [1.29, 1.82) is 0 Å². The fourth-order valence-corrected chi connectivity index (χ4v) is 3.12.